The maximum absolute atomic E-state index is 12.3. The molecule has 26 heavy (non-hydrogen) atoms. The van der Waals surface area contributed by atoms with E-state index in [-0.39, 0.29) is 18.0 Å². The zero-order valence-corrected chi connectivity index (χ0v) is 14.6. The molecule has 1 aromatic heterocycles. The van der Waals surface area contributed by atoms with E-state index in [1.165, 1.54) is 0 Å². The van der Waals surface area contributed by atoms with Gasteiger partial charge in [-0.2, -0.15) is 0 Å². The number of rotatable bonds is 4. The van der Waals surface area contributed by atoms with Crippen molar-refractivity contribution in [2.75, 3.05) is 30.4 Å². The Balaban J connectivity index is 1.57. The second-order valence-electron chi connectivity index (χ2n) is 6.09. The predicted octanol–water partition coefficient (Wildman–Crippen LogP) is 1.63. The van der Waals surface area contributed by atoms with Crippen LogP contribution in [0.2, 0.25) is 0 Å². The minimum atomic E-state index is -0.292. The number of urea groups is 1. The number of benzene rings is 1. The van der Waals surface area contributed by atoms with Gasteiger partial charge in [0.05, 0.1) is 0 Å². The molecule has 1 saturated heterocycles. The third-order valence-electron chi connectivity index (χ3n) is 4.20. The molecule has 3 rings (SSSR count). The molecule has 3 amide bonds. The first-order valence-corrected chi connectivity index (χ1v) is 8.57. The molecule has 8 nitrogen and oxygen atoms in total. The Hall–Kier alpha value is -3.16. The molecule has 8 heteroatoms. The summed E-state index contributed by atoms with van der Waals surface area (Å²) < 4.78 is 0. The molecule has 0 spiro atoms. The number of carbonyl (C=O) groups is 2. The summed E-state index contributed by atoms with van der Waals surface area (Å²) in [4.78, 5) is 34.6. The lowest BCUT2D eigenvalue weighted by Crippen LogP contribution is -2.49. The van der Waals surface area contributed by atoms with E-state index < -0.39 is 0 Å². The van der Waals surface area contributed by atoms with Crippen LogP contribution in [0.3, 0.4) is 0 Å². The molecule has 1 fully saturated rings. The molecule has 2 heterocycles. The molecule has 1 aliphatic heterocycles. The van der Waals surface area contributed by atoms with Crippen molar-refractivity contribution in [3.05, 3.63) is 48.3 Å². The Labute approximate surface area is 152 Å². The molecule has 0 bridgehead atoms. The van der Waals surface area contributed by atoms with Gasteiger partial charge in [-0.25, -0.2) is 14.8 Å². The van der Waals surface area contributed by atoms with Crippen molar-refractivity contribution in [2.45, 2.75) is 18.9 Å². The van der Waals surface area contributed by atoms with Crippen LogP contribution < -0.4 is 20.9 Å². The van der Waals surface area contributed by atoms with Crippen LogP contribution in [0.5, 0.6) is 0 Å². The number of aromatic nitrogens is 2. The van der Waals surface area contributed by atoms with Gasteiger partial charge in [-0.1, -0.05) is 6.07 Å². The van der Waals surface area contributed by atoms with Gasteiger partial charge in [0, 0.05) is 49.8 Å². The fourth-order valence-electron chi connectivity index (χ4n) is 2.97. The van der Waals surface area contributed by atoms with Crippen LogP contribution in [0, 0.1) is 0 Å². The molecule has 2 aromatic rings. The lowest BCUT2D eigenvalue weighted by atomic mass is 10.1. The van der Waals surface area contributed by atoms with Crippen molar-refractivity contribution in [3.63, 3.8) is 0 Å². The number of hydrogen-bond donors (Lipinski definition) is 3. The summed E-state index contributed by atoms with van der Waals surface area (Å²) in [6, 6.07) is 8.31. The number of amides is 3. The van der Waals surface area contributed by atoms with E-state index in [4.69, 9.17) is 0 Å². The fraction of sp³-hybridized carbons (Fsp3) is 0.333. The molecule has 0 saturated carbocycles. The predicted molar refractivity (Wildman–Crippen MR) is 99.3 cm³/mol. The van der Waals surface area contributed by atoms with E-state index in [1.807, 2.05) is 0 Å². The van der Waals surface area contributed by atoms with Gasteiger partial charge in [0.25, 0.3) is 5.91 Å². The highest BCUT2D eigenvalue weighted by atomic mass is 16.2. The van der Waals surface area contributed by atoms with Crippen LogP contribution in [0.1, 0.15) is 23.2 Å². The molecule has 1 aliphatic rings. The van der Waals surface area contributed by atoms with E-state index in [9.17, 15) is 9.59 Å². The molecular formula is C18H22N6O2. The van der Waals surface area contributed by atoms with Crippen LogP contribution in [0.15, 0.2) is 42.7 Å². The van der Waals surface area contributed by atoms with Crippen LogP contribution >= 0.6 is 0 Å². The van der Waals surface area contributed by atoms with Crippen molar-refractivity contribution in [1.82, 2.24) is 20.6 Å². The number of carbonyl (C=O) groups excluding carboxylic acids is 2. The lowest BCUT2D eigenvalue weighted by molar-refractivity contribution is 0.0963. The fourth-order valence-corrected chi connectivity index (χ4v) is 2.97. The molecule has 0 radical (unpaired) electrons. The summed E-state index contributed by atoms with van der Waals surface area (Å²) in [7, 11) is 1.57. The van der Waals surface area contributed by atoms with Gasteiger partial charge in [-0.05, 0) is 37.1 Å². The van der Waals surface area contributed by atoms with Gasteiger partial charge in [-0.15, -0.1) is 0 Å². The molecular weight excluding hydrogens is 332 g/mol. The van der Waals surface area contributed by atoms with Crippen molar-refractivity contribution >= 4 is 23.6 Å². The van der Waals surface area contributed by atoms with E-state index in [1.54, 1.807) is 49.8 Å². The van der Waals surface area contributed by atoms with Crippen molar-refractivity contribution in [3.8, 4) is 0 Å². The van der Waals surface area contributed by atoms with Crippen molar-refractivity contribution in [2.24, 2.45) is 0 Å². The number of piperidine rings is 1. The normalized spacial score (nSPS) is 16.7. The number of nitrogens with one attached hydrogen (secondary N) is 3. The highest BCUT2D eigenvalue weighted by Gasteiger charge is 2.23. The smallest absolute Gasteiger partial charge is 0.319 e. The highest BCUT2D eigenvalue weighted by molar-refractivity contribution is 5.96. The van der Waals surface area contributed by atoms with Gasteiger partial charge in [0.2, 0.25) is 5.95 Å². The molecule has 1 aromatic carbocycles. The van der Waals surface area contributed by atoms with Crippen LogP contribution in [0.4, 0.5) is 16.4 Å². The van der Waals surface area contributed by atoms with Gasteiger partial charge in [0.15, 0.2) is 0 Å². The quantitative estimate of drug-likeness (QED) is 0.775. The number of nitrogens with zero attached hydrogens (tertiary/aromatic N) is 3. The Bertz CT molecular complexity index is 767. The standard InChI is InChI=1S/C18H22N6O2/c1-19-16(25)13-5-2-6-14(11-13)22-18(26)23-15-7-3-10-24(12-15)17-20-8-4-9-21-17/h2,4-6,8-9,11,15H,3,7,10,12H2,1H3,(H,19,25)(H2,22,23,26). The third kappa shape index (κ3) is 4.47. The molecule has 136 valence electrons. The average molecular weight is 354 g/mol. The van der Waals surface area contributed by atoms with Crippen molar-refractivity contribution < 1.29 is 9.59 Å². The molecule has 1 unspecified atom stereocenters. The summed E-state index contributed by atoms with van der Waals surface area (Å²) in [5.41, 5.74) is 1.07. The largest absolute Gasteiger partial charge is 0.355 e. The Morgan fingerprint density at radius 1 is 1.19 bits per heavy atom. The van der Waals surface area contributed by atoms with Gasteiger partial charge in [0.1, 0.15) is 0 Å². The van der Waals surface area contributed by atoms with Crippen LogP contribution in [0.25, 0.3) is 0 Å². The van der Waals surface area contributed by atoms with Gasteiger partial charge >= 0.3 is 6.03 Å². The number of hydrogen-bond acceptors (Lipinski definition) is 5. The highest BCUT2D eigenvalue weighted by Crippen LogP contribution is 2.16. The van der Waals surface area contributed by atoms with E-state index >= 15 is 0 Å². The van der Waals surface area contributed by atoms with Crippen LogP contribution in [-0.2, 0) is 0 Å². The van der Waals surface area contributed by atoms with E-state index in [2.05, 4.69) is 30.8 Å². The Kier molecular flexibility index (Phi) is 5.62. The third-order valence-corrected chi connectivity index (χ3v) is 4.20. The molecule has 3 N–H and O–H groups in total. The molecule has 1 atom stereocenters. The minimum absolute atomic E-state index is 0.00896. The maximum atomic E-state index is 12.3. The first-order valence-electron chi connectivity index (χ1n) is 8.57. The van der Waals surface area contributed by atoms with E-state index in [0.29, 0.717) is 23.7 Å². The molecule has 0 aliphatic carbocycles. The summed E-state index contributed by atoms with van der Waals surface area (Å²) >= 11 is 0. The van der Waals surface area contributed by atoms with Gasteiger partial charge in [-0.3, -0.25) is 4.79 Å². The zero-order valence-electron chi connectivity index (χ0n) is 14.6. The Morgan fingerprint density at radius 2 is 2.00 bits per heavy atom. The van der Waals surface area contributed by atoms with Gasteiger partial charge < -0.3 is 20.9 Å². The first kappa shape index (κ1) is 17.7. The summed E-state index contributed by atoms with van der Waals surface area (Å²) in [6.45, 7) is 1.54. The van der Waals surface area contributed by atoms with E-state index in [0.717, 1.165) is 19.4 Å². The Morgan fingerprint density at radius 3 is 2.77 bits per heavy atom. The maximum Gasteiger partial charge on any atom is 0.319 e. The van der Waals surface area contributed by atoms with Crippen molar-refractivity contribution in [1.29, 1.82) is 0 Å². The number of anilines is 2. The average Bonchev–Trinajstić information content (AvgIpc) is 2.68. The summed E-state index contributed by atoms with van der Waals surface area (Å²) in [5, 5.41) is 8.33. The zero-order chi connectivity index (χ0) is 18.4. The summed E-state index contributed by atoms with van der Waals surface area (Å²) in [6.07, 6.45) is 5.28. The monoisotopic (exact) mass is 354 g/mol. The second-order valence-corrected chi connectivity index (χ2v) is 6.09. The topological polar surface area (TPSA) is 99.2 Å². The minimum Gasteiger partial charge on any atom is -0.355 e. The van der Waals surface area contributed by atoms with Crippen LogP contribution in [-0.4, -0.2) is 48.1 Å². The SMILES string of the molecule is CNC(=O)c1cccc(NC(=O)NC2CCCN(c3ncccn3)C2)c1. The second kappa shape index (κ2) is 8.28. The lowest BCUT2D eigenvalue weighted by Gasteiger charge is -2.33. The summed E-state index contributed by atoms with van der Waals surface area (Å²) in [5.74, 6) is 0.484. The first-order chi connectivity index (χ1) is 12.7.